The van der Waals surface area contributed by atoms with Crippen molar-refractivity contribution in [1.82, 2.24) is 10.2 Å². The van der Waals surface area contributed by atoms with Crippen molar-refractivity contribution in [2.75, 3.05) is 24.0 Å². The van der Waals surface area contributed by atoms with E-state index in [1.807, 2.05) is 52.0 Å². The predicted octanol–water partition coefficient (Wildman–Crippen LogP) is 5.45. The van der Waals surface area contributed by atoms with Gasteiger partial charge in [-0.15, -0.1) is 0 Å². The molecule has 10 heteroatoms. The van der Waals surface area contributed by atoms with Crippen LogP contribution in [0.2, 0.25) is 0 Å². The Hall–Kier alpha value is -3.92. The van der Waals surface area contributed by atoms with Crippen LogP contribution in [0.1, 0.15) is 51.2 Å². The first-order valence-electron chi connectivity index (χ1n) is 14.2. The first-order chi connectivity index (χ1) is 20.1. The van der Waals surface area contributed by atoms with E-state index in [4.69, 9.17) is 4.74 Å². The lowest BCUT2D eigenvalue weighted by Crippen LogP contribution is -2.52. The number of benzene rings is 3. The van der Waals surface area contributed by atoms with Crippen LogP contribution >= 0.6 is 0 Å². The Bertz CT molecular complexity index is 1410. The summed E-state index contributed by atoms with van der Waals surface area (Å²) in [5.74, 6) is -0.877. The van der Waals surface area contributed by atoms with Gasteiger partial charge in [0.2, 0.25) is 11.8 Å². The zero-order valence-electron chi connectivity index (χ0n) is 24.7. The van der Waals surface area contributed by atoms with Gasteiger partial charge in [-0.3, -0.25) is 13.9 Å². The van der Waals surface area contributed by atoms with E-state index in [-0.39, 0.29) is 23.0 Å². The third kappa shape index (κ3) is 8.55. The van der Waals surface area contributed by atoms with Crippen LogP contribution in [0.4, 0.5) is 10.1 Å². The van der Waals surface area contributed by atoms with E-state index >= 15 is 0 Å². The highest BCUT2D eigenvalue weighted by Crippen LogP contribution is 2.27. The summed E-state index contributed by atoms with van der Waals surface area (Å²) >= 11 is 0. The molecule has 3 rings (SSSR count). The number of ether oxygens (including phenoxy) is 1. The fourth-order valence-electron chi connectivity index (χ4n) is 4.45. The monoisotopic (exact) mass is 597 g/mol. The van der Waals surface area contributed by atoms with Crippen molar-refractivity contribution in [1.29, 1.82) is 0 Å². The molecule has 42 heavy (non-hydrogen) atoms. The van der Waals surface area contributed by atoms with Crippen molar-refractivity contribution in [2.45, 2.75) is 64.4 Å². The lowest BCUT2D eigenvalue weighted by molar-refractivity contribution is -0.140. The van der Waals surface area contributed by atoms with E-state index in [2.05, 4.69) is 5.32 Å². The molecule has 0 bridgehead atoms. The number of hydrogen-bond donors (Lipinski definition) is 1. The van der Waals surface area contributed by atoms with Gasteiger partial charge in [0, 0.05) is 13.1 Å². The van der Waals surface area contributed by atoms with Crippen LogP contribution in [0, 0.1) is 12.7 Å². The Labute approximate surface area is 248 Å². The van der Waals surface area contributed by atoms with E-state index in [0.29, 0.717) is 25.3 Å². The molecule has 0 aliphatic carbocycles. The van der Waals surface area contributed by atoms with Crippen LogP contribution in [0.3, 0.4) is 0 Å². The summed E-state index contributed by atoms with van der Waals surface area (Å²) in [6, 6.07) is 17.6. The Kier molecular flexibility index (Phi) is 11.9. The van der Waals surface area contributed by atoms with E-state index in [0.717, 1.165) is 52.5 Å². The second-order valence-corrected chi connectivity index (χ2v) is 11.8. The summed E-state index contributed by atoms with van der Waals surface area (Å²) in [5, 5.41) is 2.92. The molecule has 8 nitrogen and oxygen atoms in total. The normalized spacial score (nSPS) is 11.9. The van der Waals surface area contributed by atoms with Gasteiger partial charge in [-0.1, -0.05) is 50.1 Å². The third-order valence-corrected chi connectivity index (χ3v) is 8.59. The summed E-state index contributed by atoms with van der Waals surface area (Å²) in [7, 11) is -4.30. The molecule has 0 radical (unpaired) electrons. The number of anilines is 1. The van der Waals surface area contributed by atoms with Crippen LogP contribution in [-0.2, 0) is 26.2 Å². The summed E-state index contributed by atoms with van der Waals surface area (Å²) in [6.07, 6.45) is 2.04. The number of unbranched alkanes of at least 4 members (excludes halogenated alkanes) is 1. The highest BCUT2D eigenvalue weighted by atomic mass is 32.2. The minimum absolute atomic E-state index is 0.118. The van der Waals surface area contributed by atoms with Crippen molar-refractivity contribution in [3.63, 3.8) is 0 Å². The molecular formula is C32H40FN3O5S. The zero-order valence-corrected chi connectivity index (χ0v) is 25.5. The largest absolute Gasteiger partial charge is 0.494 e. The maximum absolute atomic E-state index is 14.1. The highest BCUT2D eigenvalue weighted by molar-refractivity contribution is 7.92. The number of nitrogens with zero attached hydrogens (tertiary/aromatic N) is 2. The highest BCUT2D eigenvalue weighted by Gasteiger charge is 2.33. The second kappa shape index (κ2) is 15.3. The minimum Gasteiger partial charge on any atom is -0.494 e. The van der Waals surface area contributed by atoms with Crippen molar-refractivity contribution in [3.05, 3.63) is 89.7 Å². The van der Waals surface area contributed by atoms with Crippen molar-refractivity contribution in [3.8, 4) is 5.75 Å². The van der Waals surface area contributed by atoms with Crippen molar-refractivity contribution >= 4 is 27.5 Å². The molecule has 0 heterocycles. The molecule has 1 atom stereocenters. The molecule has 0 aliphatic heterocycles. The van der Waals surface area contributed by atoms with Gasteiger partial charge in [0.15, 0.2) is 0 Å². The number of rotatable bonds is 15. The Balaban J connectivity index is 2.03. The quantitative estimate of drug-likeness (QED) is 0.235. The molecule has 0 aliphatic rings. The first kappa shape index (κ1) is 32.6. The predicted molar refractivity (Wildman–Crippen MR) is 162 cm³/mol. The van der Waals surface area contributed by atoms with Gasteiger partial charge >= 0.3 is 0 Å². The lowest BCUT2D eigenvalue weighted by Gasteiger charge is -2.33. The molecule has 0 saturated carbocycles. The molecule has 0 fully saturated rings. The zero-order chi connectivity index (χ0) is 30.7. The van der Waals surface area contributed by atoms with Crippen molar-refractivity contribution in [2.24, 2.45) is 0 Å². The van der Waals surface area contributed by atoms with E-state index < -0.39 is 34.3 Å². The Morgan fingerprint density at radius 1 is 0.929 bits per heavy atom. The summed E-state index contributed by atoms with van der Waals surface area (Å²) in [5.41, 5.74) is 2.09. The van der Waals surface area contributed by atoms with Gasteiger partial charge in [-0.25, -0.2) is 12.8 Å². The molecule has 0 aromatic heterocycles. The van der Waals surface area contributed by atoms with Gasteiger partial charge in [0.05, 0.1) is 17.2 Å². The van der Waals surface area contributed by atoms with E-state index in [1.165, 1.54) is 4.90 Å². The Morgan fingerprint density at radius 3 is 2.14 bits per heavy atom. The maximum Gasteiger partial charge on any atom is 0.264 e. The summed E-state index contributed by atoms with van der Waals surface area (Å²) in [6.45, 7) is 8.09. The van der Waals surface area contributed by atoms with Gasteiger partial charge < -0.3 is 15.0 Å². The molecule has 226 valence electrons. The number of nitrogens with one attached hydrogen (secondary N) is 1. The summed E-state index contributed by atoms with van der Waals surface area (Å²) in [4.78, 5) is 28.6. The van der Waals surface area contributed by atoms with E-state index in [9.17, 15) is 22.4 Å². The van der Waals surface area contributed by atoms with Crippen molar-refractivity contribution < 1.29 is 27.1 Å². The van der Waals surface area contributed by atoms with Gasteiger partial charge in [0.25, 0.3) is 10.0 Å². The second-order valence-electron chi connectivity index (χ2n) is 9.97. The molecule has 0 saturated heterocycles. The molecular weight excluding hydrogens is 557 g/mol. The fraction of sp³-hybridized carbons (Fsp3) is 0.375. The molecule has 2 amide bonds. The number of carbonyl (C=O) groups excluding carboxylic acids is 2. The Morgan fingerprint density at radius 2 is 1.57 bits per heavy atom. The topological polar surface area (TPSA) is 96.0 Å². The smallest absolute Gasteiger partial charge is 0.264 e. The number of aryl methyl sites for hydroxylation is 1. The molecule has 1 N–H and O–H groups in total. The lowest BCUT2D eigenvalue weighted by atomic mass is 10.1. The average molecular weight is 598 g/mol. The van der Waals surface area contributed by atoms with E-state index in [1.54, 1.807) is 24.3 Å². The van der Waals surface area contributed by atoms with Crippen LogP contribution < -0.4 is 14.4 Å². The third-order valence-electron chi connectivity index (χ3n) is 6.81. The van der Waals surface area contributed by atoms with Gasteiger partial charge in [-0.2, -0.15) is 0 Å². The standard InChI is InChI=1S/C32H40FN3O5S/c1-5-8-21-34-32(38)30(6-2)35(22-25-11-9-24(4)10-12-25)31(37)23-36(27-15-17-28(18-16-27)41-7-3)42(39,40)29-19-13-26(33)14-20-29/h9-20,30H,5-8,21-23H2,1-4H3,(H,34,38)/t30-/m0/s1. The van der Waals surface area contributed by atoms with Gasteiger partial charge in [-0.05, 0) is 80.8 Å². The molecule has 0 spiro atoms. The average Bonchev–Trinajstić information content (AvgIpc) is 2.97. The van der Waals surface area contributed by atoms with Crippen LogP contribution in [0.15, 0.2) is 77.7 Å². The summed E-state index contributed by atoms with van der Waals surface area (Å²) < 4.78 is 47.9. The number of sulfonamides is 1. The van der Waals surface area contributed by atoms with Crippen LogP contribution in [0.5, 0.6) is 5.75 Å². The SMILES string of the molecule is CCCCNC(=O)[C@H](CC)N(Cc1ccc(C)cc1)C(=O)CN(c1ccc(OCC)cc1)S(=O)(=O)c1ccc(F)cc1. The number of halogens is 1. The number of carbonyl (C=O) groups is 2. The van der Waals surface area contributed by atoms with Crippen LogP contribution in [-0.4, -0.2) is 50.9 Å². The molecule has 3 aromatic carbocycles. The first-order valence-corrected chi connectivity index (χ1v) is 15.7. The number of hydrogen-bond acceptors (Lipinski definition) is 5. The fourth-order valence-corrected chi connectivity index (χ4v) is 5.87. The minimum atomic E-state index is -4.30. The maximum atomic E-state index is 14.1. The number of amides is 2. The van der Waals surface area contributed by atoms with Gasteiger partial charge in [0.1, 0.15) is 24.2 Å². The molecule has 0 unspecified atom stereocenters. The van der Waals surface area contributed by atoms with Crippen LogP contribution in [0.25, 0.3) is 0 Å². The molecule has 3 aromatic rings.